The van der Waals surface area contributed by atoms with Gasteiger partial charge in [0.25, 0.3) is 0 Å². The van der Waals surface area contributed by atoms with E-state index in [1.807, 2.05) is 0 Å². The topological polar surface area (TPSA) is 17.8 Å². The minimum absolute atomic E-state index is 0.593. The molecule has 2 aromatic rings. The normalized spacial score (nSPS) is 16.4. The van der Waals surface area contributed by atoms with Gasteiger partial charge in [-0.3, -0.25) is 0 Å². The number of nitrogens with zero attached hydrogens (tertiary/aromatic N) is 2. The number of halogens is 1. The van der Waals surface area contributed by atoms with Gasteiger partial charge in [0.05, 0.1) is 11.0 Å². The number of fused-ring (bicyclic) bond motifs is 1. The zero-order valence-corrected chi connectivity index (χ0v) is 8.75. The molecule has 3 rings (SSSR count). The van der Waals surface area contributed by atoms with Gasteiger partial charge in [-0.25, -0.2) is 4.98 Å². The summed E-state index contributed by atoms with van der Waals surface area (Å²) in [6, 6.07) is 6.90. The zero-order valence-electron chi connectivity index (χ0n) is 8.00. The predicted molar refractivity (Wildman–Crippen MR) is 57.8 cm³/mol. The van der Waals surface area contributed by atoms with Gasteiger partial charge in [-0.05, 0) is 49.1 Å². The van der Waals surface area contributed by atoms with Crippen molar-refractivity contribution < 1.29 is 0 Å². The Morgan fingerprint density at radius 3 is 2.93 bits per heavy atom. The maximum absolute atomic E-state index is 6.11. The molecule has 1 heterocycles. The molecule has 0 atom stereocenters. The SMILES string of the molecule is Cc1ccc2c(c1)nc(Cl)n2C1CC1. The van der Waals surface area contributed by atoms with Crippen molar-refractivity contribution in [3.05, 3.63) is 29.0 Å². The fourth-order valence-corrected chi connectivity index (χ4v) is 2.18. The Bertz CT molecular complexity index is 497. The van der Waals surface area contributed by atoms with Gasteiger partial charge >= 0.3 is 0 Å². The number of aromatic nitrogens is 2. The maximum Gasteiger partial charge on any atom is 0.204 e. The van der Waals surface area contributed by atoms with Gasteiger partial charge in [-0.2, -0.15) is 0 Å². The first-order valence-corrected chi connectivity index (χ1v) is 5.27. The average Bonchev–Trinajstić information content (AvgIpc) is 2.89. The molecule has 3 heteroatoms. The predicted octanol–water partition coefficient (Wildman–Crippen LogP) is 3.33. The summed E-state index contributed by atoms with van der Waals surface area (Å²) in [7, 11) is 0. The summed E-state index contributed by atoms with van der Waals surface area (Å²) in [5.41, 5.74) is 3.42. The number of hydrogen-bond acceptors (Lipinski definition) is 1. The van der Waals surface area contributed by atoms with Gasteiger partial charge in [0, 0.05) is 6.04 Å². The van der Waals surface area contributed by atoms with Crippen molar-refractivity contribution in [1.29, 1.82) is 0 Å². The van der Waals surface area contributed by atoms with Gasteiger partial charge in [-0.15, -0.1) is 0 Å². The highest BCUT2D eigenvalue weighted by molar-refractivity contribution is 6.29. The highest BCUT2D eigenvalue weighted by atomic mass is 35.5. The molecular formula is C11H11ClN2. The first-order chi connectivity index (χ1) is 6.75. The number of imidazole rings is 1. The average molecular weight is 207 g/mol. The maximum atomic E-state index is 6.11. The Hall–Kier alpha value is -1.02. The highest BCUT2D eigenvalue weighted by Gasteiger charge is 2.27. The Morgan fingerprint density at radius 2 is 2.21 bits per heavy atom. The fourth-order valence-electron chi connectivity index (χ4n) is 1.86. The van der Waals surface area contributed by atoms with Crippen molar-refractivity contribution >= 4 is 22.6 Å². The quantitative estimate of drug-likeness (QED) is 0.700. The Morgan fingerprint density at radius 1 is 1.43 bits per heavy atom. The number of rotatable bonds is 1. The number of benzene rings is 1. The third-order valence-corrected chi connectivity index (χ3v) is 2.98. The summed E-state index contributed by atoms with van der Waals surface area (Å²) in [6.07, 6.45) is 2.47. The minimum atomic E-state index is 0.593. The van der Waals surface area contributed by atoms with E-state index in [1.54, 1.807) is 0 Å². The molecule has 1 aromatic heterocycles. The Kier molecular flexibility index (Phi) is 1.62. The molecule has 0 aliphatic heterocycles. The lowest BCUT2D eigenvalue weighted by Crippen LogP contribution is -1.92. The van der Waals surface area contributed by atoms with Crippen molar-refractivity contribution in [2.45, 2.75) is 25.8 Å². The van der Waals surface area contributed by atoms with E-state index in [9.17, 15) is 0 Å². The summed E-state index contributed by atoms with van der Waals surface area (Å²) in [5, 5.41) is 0.633. The molecule has 1 aliphatic rings. The van der Waals surface area contributed by atoms with Crippen LogP contribution in [0.2, 0.25) is 5.28 Å². The molecule has 0 saturated heterocycles. The van der Waals surface area contributed by atoms with Gasteiger partial charge in [0.2, 0.25) is 5.28 Å². The monoisotopic (exact) mass is 206 g/mol. The van der Waals surface area contributed by atoms with E-state index in [-0.39, 0.29) is 0 Å². The summed E-state index contributed by atoms with van der Waals surface area (Å²) in [6.45, 7) is 2.07. The molecule has 1 saturated carbocycles. The minimum Gasteiger partial charge on any atom is -0.312 e. The Balaban J connectivity index is 2.32. The van der Waals surface area contributed by atoms with E-state index in [1.165, 1.54) is 23.9 Å². The van der Waals surface area contributed by atoms with E-state index in [2.05, 4.69) is 34.7 Å². The lowest BCUT2D eigenvalue weighted by Gasteiger charge is -2.01. The highest BCUT2D eigenvalue weighted by Crippen LogP contribution is 2.39. The van der Waals surface area contributed by atoms with E-state index in [4.69, 9.17) is 11.6 Å². The van der Waals surface area contributed by atoms with Crippen LogP contribution in [0.25, 0.3) is 11.0 Å². The van der Waals surface area contributed by atoms with Crippen LogP contribution < -0.4 is 0 Å². The van der Waals surface area contributed by atoms with Gasteiger partial charge in [0.1, 0.15) is 0 Å². The molecular weight excluding hydrogens is 196 g/mol. The smallest absolute Gasteiger partial charge is 0.204 e. The van der Waals surface area contributed by atoms with Crippen LogP contribution in [0.3, 0.4) is 0 Å². The number of hydrogen-bond donors (Lipinski definition) is 0. The van der Waals surface area contributed by atoms with Crippen molar-refractivity contribution in [2.24, 2.45) is 0 Å². The van der Waals surface area contributed by atoms with Crippen molar-refractivity contribution in [3.8, 4) is 0 Å². The molecule has 0 spiro atoms. The van der Waals surface area contributed by atoms with E-state index in [0.717, 1.165) is 5.52 Å². The first-order valence-electron chi connectivity index (χ1n) is 4.90. The second-order valence-electron chi connectivity index (χ2n) is 3.97. The van der Waals surface area contributed by atoms with Crippen molar-refractivity contribution in [1.82, 2.24) is 9.55 Å². The largest absolute Gasteiger partial charge is 0.312 e. The second kappa shape index (κ2) is 2.74. The van der Waals surface area contributed by atoms with E-state index < -0.39 is 0 Å². The van der Waals surface area contributed by atoms with Gasteiger partial charge in [0.15, 0.2) is 0 Å². The summed E-state index contributed by atoms with van der Waals surface area (Å²) >= 11 is 6.11. The molecule has 0 amide bonds. The van der Waals surface area contributed by atoms with E-state index >= 15 is 0 Å². The molecule has 1 fully saturated rings. The molecule has 0 bridgehead atoms. The summed E-state index contributed by atoms with van der Waals surface area (Å²) < 4.78 is 2.15. The molecule has 0 N–H and O–H groups in total. The van der Waals surface area contributed by atoms with E-state index in [0.29, 0.717) is 11.3 Å². The molecule has 14 heavy (non-hydrogen) atoms. The fraction of sp³-hybridized carbons (Fsp3) is 0.364. The molecule has 72 valence electrons. The van der Waals surface area contributed by atoms with Crippen LogP contribution in [0.15, 0.2) is 18.2 Å². The zero-order chi connectivity index (χ0) is 9.71. The van der Waals surface area contributed by atoms with Crippen LogP contribution in [0.4, 0.5) is 0 Å². The van der Waals surface area contributed by atoms with Crippen LogP contribution in [-0.2, 0) is 0 Å². The van der Waals surface area contributed by atoms with Crippen LogP contribution in [0, 0.1) is 6.92 Å². The molecule has 1 aromatic carbocycles. The lowest BCUT2D eigenvalue weighted by atomic mass is 10.2. The third kappa shape index (κ3) is 1.14. The standard InChI is InChI=1S/C11H11ClN2/c1-7-2-5-10-9(6-7)13-11(12)14(10)8-3-4-8/h2,5-6,8H,3-4H2,1H3. The lowest BCUT2D eigenvalue weighted by molar-refractivity contribution is 0.767. The van der Waals surface area contributed by atoms with Crippen LogP contribution >= 0.6 is 11.6 Å². The van der Waals surface area contributed by atoms with Crippen LogP contribution in [-0.4, -0.2) is 9.55 Å². The van der Waals surface area contributed by atoms with Crippen molar-refractivity contribution in [2.75, 3.05) is 0 Å². The first kappa shape index (κ1) is 8.30. The van der Waals surface area contributed by atoms with Gasteiger partial charge in [-0.1, -0.05) is 6.07 Å². The molecule has 0 unspecified atom stereocenters. The molecule has 2 nitrogen and oxygen atoms in total. The van der Waals surface area contributed by atoms with Crippen LogP contribution in [0.5, 0.6) is 0 Å². The molecule has 1 aliphatic carbocycles. The van der Waals surface area contributed by atoms with Gasteiger partial charge < -0.3 is 4.57 Å². The summed E-state index contributed by atoms with van der Waals surface area (Å²) in [4.78, 5) is 4.36. The van der Waals surface area contributed by atoms with Crippen molar-refractivity contribution in [3.63, 3.8) is 0 Å². The summed E-state index contributed by atoms with van der Waals surface area (Å²) in [5.74, 6) is 0. The molecule has 0 radical (unpaired) electrons. The van der Waals surface area contributed by atoms with Crippen LogP contribution in [0.1, 0.15) is 24.4 Å². The Labute approximate surface area is 87.5 Å². The third-order valence-electron chi connectivity index (χ3n) is 2.71. The number of aryl methyl sites for hydroxylation is 1. The second-order valence-corrected chi connectivity index (χ2v) is 4.31.